The third-order valence-corrected chi connectivity index (χ3v) is 7.89. The number of aldehydes is 1. The molecule has 6 nitrogen and oxygen atoms in total. The van der Waals surface area contributed by atoms with E-state index in [4.69, 9.17) is 0 Å². The molecule has 0 radical (unpaired) electrons. The molecular weight excluding hydrogens is 436 g/mol. The average molecular weight is 467 g/mol. The van der Waals surface area contributed by atoms with Crippen molar-refractivity contribution in [3.8, 4) is 0 Å². The summed E-state index contributed by atoms with van der Waals surface area (Å²) in [6.45, 7) is 7.62. The van der Waals surface area contributed by atoms with Crippen LogP contribution in [0.1, 0.15) is 40.9 Å². The number of hydrogen-bond acceptors (Lipinski definition) is 4. The Bertz CT molecular complexity index is 1210. The number of aryl methyl sites for hydroxylation is 1. The number of nitrogens with zero attached hydrogens (tertiary/aromatic N) is 1. The molecule has 0 saturated heterocycles. The fraction of sp³-hybridized carbons (Fsp3) is 0.308. The summed E-state index contributed by atoms with van der Waals surface area (Å²) in [5.41, 5.74) is 3.49. The molecule has 1 N–H and O–H groups in total. The Balaban J connectivity index is 1.90. The highest BCUT2D eigenvalue weighted by atomic mass is 32.2. The van der Waals surface area contributed by atoms with Crippen molar-refractivity contribution in [3.05, 3.63) is 87.9 Å². The summed E-state index contributed by atoms with van der Waals surface area (Å²) in [6, 6.07) is 12.3. The van der Waals surface area contributed by atoms with Gasteiger partial charge in [-0.1, -0.05) is 56.3 Å². The molecule has 0 aliphatic heterocycles. The fourth-order valence-electron chi connectivity index (χ4n) is 3.66. The van der Waals surface area contributed by atoms with Gasteiger partial charge in [0.1, 0.15) is 12.8 Å². The molecule has 7 heteroatoms. The fourth-order valence-corrected chi connectivity index (χ4v) is 5.29. The lowest BCUT2D eigenvalue weighted by Crippen LogP contribution is -2.41. The van der Waals surface area contributed by atoms with E-state index in [2.05, 4.69) is 5.32 Å². The van der Waals surface area contributed by atoms with Crippen molar-refractivity contribution in [2.75, 3.05) is 10.8 Å². The summed E-state index contributed by atoms with van der Waals surface area (Å²) in [4.78, 5) is 24.1. The number of anilines is 1. The van der Waals surface area contributed by atoms with Crippen LogP contribution in [0.4, 0.5) is 5.69 Å². The lowest BCUT2D eigenvalue weighted by molar-refractivity contribution is -0.119. The summed E-state index contributed by atoms with van der Waals surface area (Å²) < 4.78 is 28.6. The molecule has 0 saturated carbocycles. The largest absolute Gasteiger partial charge is 0.350 e. The summed E-state index contributed by atoms with van der Waals surface area (Å²) in [6.07, 6.45) is 6.01. The number of allylic oxidation sites excluding steroid dienone is 3. The number of carbonyl (C=O) groups is 2. The van der Waals surface area contributed by atoms with Gasteiger partial charge in [0, 0.05) is 12.1 Å². The molecule has 2 aromatic carbocycles. The predicted molar refractivity (Wildman–Crippen MR) is 131 cm³/mol. The van der Waals surface area contributed by atoms with E-state index >= 15 is 0 Å². The molecule has 0 spiro atoms. The summed E-state index contributed by atoms with van der Waals surface area (Å²) in [7, 11) is -3.96. The summed E-state index contributed by atoms with van der Waals surface area (Å²) >= 11 is 0. The Labute approximate surface area is 196 Å². The number of amides is 1. The van der Waals surface area contributed by atoms with Crippen LogP contribution in [-0.2, 0) is 21.4 Å². The second-order valence-corrected chi connectivity index (χ2v) is 10.4. The molecule has 3 rings (SSSR count). The number of carbonyl (C=O) groups excluding carboxylic acids is 2. The van der Waals surface area contributed by atoms with Crippen LogP contribution in [0.2, 0.25) is 0 Å². The van der Waals surface area contributed by atoms with Crippen molar-refractivity contribution in [1.82, 2.24) is 5.32 Å². The van der Waals surface area contributed by atoms with Gasteiger partial charge >= 0.3 is 0 Å². The number of hydrogen-bond donors (Lipinski definition) is 1. The second kappa shape index (κ2) is 10.2. The quantitative estimate of drug-likeness (QED) is 0.588. The molecule has 0 aromatic heterocycles. The predicted octanol–water partition coefficient (Wildman–Crippen LogP) is 4.29. The third-order valence-electron chi connectivity index (χ3n) is 6.12. The van der Waals surface area contributed by atoms with E-state index in [-0.39, 0.29) is 29.8 Å². The average Bonchev–Trinajstić information content (AvgIpc) is 2.80. The number of benzene rings is 2. The normalized spacial score (nSPS) is 17.9. The van der Waals surface area contributed by atoms with Crippen molar-refractivity contribution in [2.24, 2.45) is 11.8 Å². The molecule has 174 valence electrons. The van der Waals surface area contributed by atoms with Gasteiger partial charge in [-0.25, -0.2) is 8.42 Å². The molecular formula is C26H30N2O4S. The summed E-state index contributed by atoms with van der Waals surface area (Å²) in [5.74, 6) is -0.125. The molecule has 0 bridgehead atoms. The van der Waals surface area contributed by atoms with Gasteiger partial charge in [0.25, 0.3) is 10.0 Å². The first-order chi connectivity index (χ1) is 15.6. The first-order valence-corrected chi connectivity index (χ1v) is 12.4. The van der Waals surface area contributed by atoms with Gasteiger partial charge in [-0.05, 0) is 60.6 Å². The van der Waals surface area contributed by atoms with Crippen molar-refractivity contribution in [2.45, 2.75) is 34.2 Å². The number of sulfonamides is 1. The maximum absolute atomic E-state index is 13.7. The van der Waals surface area contributed by atoms with E-state index in [9.17, 15) is 18.0 Å². The molecule has 33 heavy (non-hydrogen) atoms. The SMILES string of the molecule is Cc1cccc(N(CC(=O)NCc2cccc(C=O)c2)S(=O)(=O)C2=CC(C)C(C)C=C2)c1C. The molecule has 0 heterocycles. The van der Waals surface area contributed by atoms with E-state index in [1.54, 1.807) is 48.6 Å². The van der Waals surface area contributed by atoms with Gasteiger partial charge in [0.2, 0.25) is 5.91 Å². The Kier molecular flexibility index (Phi) is 7.53. The Morgan fingerprint density at radius 3 is 2.52 bits per heavy atom. The lowest BCUT2D eigenvalue weighted by Gasteiger charge is -2.28. The van der Waals surface area contributed by atoms with E-state index in [1.807, 2.05) is 39.8 Å². The van der Waals surface area contributed by atoms with Crippen LogP contribution in [0.25, 0.3) is 0 Å². The highest BCUT2D eigenvalue weighted by Crippen LogP contribution is 2.31. The number of nitrogens with one attached hydrogen (secondary N) is 1. The van der Waals surface area contributed by atoms with E-state index < -0.39 is 15.9 Å². The van der Waals surface area contributed by atoms with Crippen LogP contribution < -0.4 is 9.62 Å². The molecule has 1 aliphatic rings. The van der Waals surface area contributed by atoms with Gasteiger partial charge in [-0.3, -0.25) is 13.9 Å². The van der Waals surface area contributed by atoms with Crippen LogP contribution in [0, 0.1) is 25.7 Å². The van der Waals surface area contributed by atoms with Crippen LogP contribution in [0.5, 0.6) is 0 Å². The molecule has 0 fully saturated rings. The van der Waals surface area contributed by atoms with Crippen LogP contribution in [0.15, 0.2) is 65.6 Å². The van der Waals surface area contributed by atoms with Crippen molar-refractivity contribution >= 4 is 27.9 Å². The van der Waals surface area contributed by atoms with E-state index in [0.717, 1.165) is 23.0 Å². The Morgan fingerprint density at radius 2 is 1.82 bits per heavy atom. The highest BCUT2D eigenvalue weighted by Gasteiger charge is 2.31. The first kappa shape index (κ1) is 24.5. The zero-order chi connectivity index (χ0) is 24.2. The van der Waals surface area contributed by atoms with Crippen molar-refractivity contribution in [1.29, 1.82) is 0 Å². The Hall–Kier alpha value is -3.19. The number of rotatable bonds is 8. The minimum Gasteiger partial charge on any atom is -0.350 e. The lowest BCUT2D eigenvalue weighted by atomic mass is 9.92. The second-order valence-electron chi connectivity index (χ2n) is 8.52. The third kappa shape index (κ3) is 5.60. The maximum atomic E-state index is 13.7. The Morgan fingerprint density at radius 1 is 1.09 bits per heavy atom. The highest BCUT2D eigenvalue weighted by molar-refractivity contribution is 7.96. The van der Waals surface area contributed by atoms with E-state index in [0.29, 0.717) is 11.3 Å². The van der Waals surface area contributed by atoms with Crippen molar-refractivity contribution < 1.29 is 18.0 Å². The molecule has 2 aromatic rings. The van der Waals surface area contributed by atoms with Gasteiger partial charge in [-0.15, -0.1) is 0 Å². The smallest absolute Gasteiger partial charge is 0.264 e. The standard InChI is InChI=1S/C26H30N2O4S/c1-18-11-12-24(13-20(18)3)33(31,32)28(25-10-5-7-19(2)21(25)4)16-26(30)27-15-22-8-6-9-23(14-22)17-29/h5-14,17-18,20H,15-16H2,1-4H3,(H,27,30). The maximum Gasteiger partial charge on any atom is 0.264 e. The molecule has 1 aliphatic carbocycles. The summed E-state index contributed by atoms with van der Waals surface area (Å²) in [5, 5.41) is 2.78. The van der Waals surface area contributed by atoms with Gasteiger partial charge in [0.15, 0.2) is 0 Å². The first-order valence-electron chi connectivity index (χ1n) is 10.9. The van der Waals surface area contributed by atoms with Gasteiger partial charge < -0.3 is 5.32 Å². The minimum absolute atomic E-state index is 0.0687. The molecule has 1 amide bonds. The van der Waals surface area contributed by atoms with Crippen molar-refractivity contribution in [3.63, 3.8) is 0 Å². The zero-order valence-electron chi connectivity index (χ0n) is 19.4. The van der Waals surface area contributed by atoms with E-state index in [1.165, 1.54) is 4.31 Å². The van der Waals surface area contributed by atoms with Crippen LogP contribution in [-0.4, -0.2) is 27.2 Å². The van der Waals surface area contributed by atoms with Crippen LogP contribution in [0.3, 0.4) is 0 Å². The molecule has 2 unspecified atom stereocenters. The monoisotopic (exact) mass is 466 g/mol. The topological polar surface area (TPSA) is 83.6 Å². The van der Waals surface area contributed by atoms with Gasteiger partial charge in [-0.2, -0.15) is 0 Å². The minimum atomic E-state index is -3.96. The van der Waals surface area contributed by atoms with Crippen LogP contribution >= 0.6 is 0 Å². The molecule has 2 atom stereocenters. The zero-order valence-corrected chi connectivity index (χ0v) is 20.2. The van der Waals surface area contributed by atoms with Gasteiger partial charge in [0.05, 0.1) is 10.6 Å².